The molecule has 1 atom stereocenters. The lowest BCUT2D eigenvalue weighted by atomic mass is 9.85. The van der Waals surface area contributed by atoms with Gasteiger partial charge in [0.2, 0.25) is 0 Å². The highest BCUT2D eigenvalue weighted by molar-refractivity contribution is 7.16. The van der Waals surface area contributed by atoms with Crippen molar-refractivity contribution >= 4 is 22.2 Å². The third-order valence-corrected chi connectivity index (χ3v) is 5.58. The molecule has 0 spiro atoms. The number of rotatable bonds is 4. The number of nitrogens with two attached hydrogens (primary N) is 1. The molecule has 0 radical (unpaired) electrons. The van der Waals surface area contributed by atoms with Crippen molar-refractivity contribution in [2.24, 2.45) is 5.92 Å². The molecule has 0 bridgehead atoms. The van der Waals surface area contributed by atoms with Crippen molar-refractivity contribution in [3.63, 3.8) is 0 Å². The van der Waals surface area contributed by atoms with Gasteiger partial charge in [0.05, 0.1) is 10.6 Å². The van der Waals surface area contributed by atoms with E-state index in [0.717, 1.165) is 29.9 Å². The number of hydrogen-bond acceptors (Lipinski definition) is 3. The summed E-state index contributed by atoms with van der Waals surface area (Å²) in [6, 6.07) is 9.96. The number of amides is 1. The summed E-state index contributed by atoms with van der Waals surface area (Å²) in [5.41, 5.74) is 9.16. The predicted octanol–water partition coefficient (Wildman–Crippen LogP) is 3.78. The predicted molar refractivity (Wildman–Crippen MR) is 92.1 cm³/mol. The van der Waals surface area contributed by atoms with E-state index in [2.05, 4.69) is 12.2 Å². The van der Waals surface area contributed by atoms with Crippen LogP contribution in [0.4, 0.5) is 5.00 Å². The van der Waals surface area contributed by atoms with E-state index in [9.17, 15) is 4.79 Å². The Morgan fingerprint density at radius 3 is 2.86 bits per heavy atom. The molecule has 3 rings (SSSR count). The average Bonchev–Trinajstić information content (AvgIpc) is 2.88. The van der Waals surface area contributed by atoms with E-state index in [1.165, 1.54) is 23.3 Å². The van der Waals surface area contributed by atoms with Crippen molar-refractivity contribution < 1.29 is 4.79 Å². The fourth-order valence-corrected chi connectivity index (χ4v) is 4.37. The third-order valence-electron chi connectivity index (χ3n) is 4.49. The first-order valence-corrected chi connectivity index (χ1v) is 8.72. The van der Waals surface area contributed by atoms with Crippen molar-refractivity contribution in [1.82, 2.24) is 5.32 Å². The molecule has 1 heterocycles. The smallest absolute Gasteiger partial charge is 0.254 e. The summed E-state index contributed by atoms with van der Waals surface area (Å²) >= 11 is 1.60. The number of carbonyl (C=O) groups excluding carboxylic acids is 1. The Bertz CT molecular complexity index is 663. The minimum Gasteiger partial charge on any atom is -0.390 e. The van der Waals surface area contributed by atoms with Crippen LogP contribution in [0.15, 0.2) is 30.3 Å². The van der Waals surface area contributed by atoms with Crippen LogP contribution in [0, 0.1) is 5.92 Å². The van der Waals surface area contributed by atoms with Crippen molar-refractivity contribution in [2.75, 3.05) is 5.73 Å². The standard InChI is InChI=1S/C18H22N2OS/c1-2-12-8-9-14-15(10-12)22-17(19)16(14)18(21)20-11-13-6-4-3-5-7-13/h3-7,12H,2,8-11,19H2,1H3,(H,20,21)/t12-/m0/s1. The van der Waals surface area contributed by atoms with E-state index in [1.54, 1.807) is 11.3 Å². The Labute approximate surface area is 135 Å². The van der Waals surface area contributed by atoms with Gasteiger partial charge in [-0.25, -0.2) is 0 Å². The highest BCUT2D eigenvalue weighted by Crippen LogP contribution is 2.38. The largest absolute Gasteiger partial charge is 0.390 e. The second-order valence-corrected chi connectivity index (χ2v) is 7.07. The van der Waals surface area contributed by atoms with Crippen LogP contribution in [0.25, 0.3) is 0 Å². The van der Waals surface area contributed by atoms with Crippen LogP contribution < -0.4 is 11.1 Å². The number of anilines is 1. The number of hydrogen-bond donors (Lipinski definition) is 2. The highest BCUT2D eigenvalue weighted by atomic mass is 32.1. The minimum absolute atomic E-state index is 0.0335. The number of benzene rings is 1. The van der Waals surface area contributed by atoms with E-state index in [1.807, 2.05) is 30.3 Å². The van der Waals surface area contributed by atoms with Gasteiger partial charge in [-0.15, -0.1) is 11.3 Å². The fourth-order valence-electron chi connectivity index (χ4n) is 3.14. The van der Waals surface area contributed by atoms with Gasteiger partial charge in [-0.3, -0.25) is 4.79 Å². The number of nitrogen functional groups attached to an aromatic ring is 1. The number of carbonyl (C=O) groups is 1. The molecule has 116 valence electrons. The maximum absolute atomic E-state index is 12.5. The van der Waals surface area contributed by atoms with E-state index in [4.69, 9.17) is 5.73 Å². The van der Waals surface area contributed by atoms with Crippen molar-refractivity contribution in [1.29, 1.82) is 0 Å². The quantitative estimate of drug-likeness (QED) is 0.902. The van der Waals surface area contributed by atoms with Gasteiger partial charge in [-0.1, -0.05) is 43.7 Å². The van der Waals surface area contributed by atoms with Crippen LogP contribution in [0.1, 0.15) is 46.1 Å². The van der Waals surface area contributed by atoms with E-state index in [0.29, 0.717) is 11.5 Å². The molecule has 0 aliphatic heterocycles. The van der Waals surface area contributed by atoms with Gasteiger partial charge in [0.1, 0.15) is 0 Å². The fraction of sp³-hybridized carbons (Fsp3) is 0.389. The molecule has 0 unspecified atom stereocenters. The Morgan fingerprint density at radius 2 is 2.14 bits per heavy atom. The SMILES string of the molecule is CC[C@H]1CCc2c(sc(N)c2C(=O)NCc2ccccc2)C1. The Morgan fingerprint density at radius 1 is 1.36 bits per heavy atom. The molecule has 22 heavy (non-hydrogen) atoms. The lowest BCUT2D eigenvalue weighted by molar-refractivity contribution is 0.0951. The molecular weight excluding hydrogens is 292 g/mol. The van der Waals surface area contributed by atoms with Gasteiger partial charge in [0.15, 0.2) is 0 Å². The highest BCUT2D eigenvalue weighted by Gasteiger charge is 2.27. The molecule has 0 fully saturated rings. The summed E-state index contributed by atoms with van der Waals surface area (Å²) in [5, 5.41) is 3.68. The Kier molecular flexibility index (Phi) is 4.48. The van der Waals surface area contributed by atoms with E-state index < -0.39 is 0 Å². The number of nitrogens with one attached hydrogen (secondary N) is 1. The second-order valence-electron chi connectivity index (χ2n) is 5.93. The van der Waals surface area contributed by atoms with Crippen LogP contribution in [0.5, 0.6) is 0 Å². The third kappa shape index (κ3) is 3.02. The first-order chi connectivity index (χ1) is 10.7. The summed E-state index contributed by atoms with van der Waals surface area (Å²) in [6.07, 6.45) is 4.42. The molecule has 1 aromatic carbocycles. The molecule has 2 aromatic rings. The second kappa shape index (κ2) is 6.53. The normalized spacial score (nSPS) is 17.0. The van der Waals surface area contributed by atoms with E-state index in [-0.39, 0.29) is 5.91 Å². The van der Waals surface area contributed by atoms with E-state index >= 15 is 0 Å². The molecule has 3 N–H and O–H groups in total. The monoisotopic (exact) mass is 314 g/mol. The maximum atomic E-state index is 12.5. The summed E-state index contributed by atoms with van der Waals surface area (Å²) in [7, 11) is 0. The van der Waals surface area contributed by atoms with Gasteiger partial charge in [-0.2, -0.15) is 0 Å². The molecule has 1 amide bonds. The van der Waals surface area contributed by atoms with Gasteiger partial charge in [-0.05, 0) is 36.3 Å². The summed E-state index contributed by atoms with van der Waals surface area (Å²) < 4.78 is 0. The lowest BCUT2D eigenvalue weighted by Crippen LogP contribution is -2.25. The van der Waals surface area contributed by atoms with Gasteiger partial charge >= 0.3 is 0 Å². The zero-order valence-corrected chi connectivity index (χ0v) is 13.7. The molecule has 1 aliphatic rings. The first-order valence-electron chi connectivity index (χ1n) is 7.91. The van der Waals surface area contributed by atoms with Crippen LogP contribution in [-0.2, 0) is 19.4 Å². The molecule has 0 saturated heterocycles. The van der Waals surface area contributed by atoms with Crippen LogP contribution >= 0.6 is 11.3 Å². The average molecular weight is 314 g/mol. The zero-order chi connectivity index (χ0) is 15.5. The van der Waals surface area contributed by atoms with Crippen LogP contribution in [0.3, 0.4) is 0 Å². The van der Waals surface area contributed by atoms with Gasteiger partial charge in [0, 0.05) is 11.4 Å². The summed E-state index contributed by atoms with van der Waals surface area (Å²) in [4.78, 5) is 13.9. The maximum Gasteiger partial charge on any atom is 0.254 e. The topological polar surface area (TPSA) is 55.1 Å². The lowest BCUT2D eigenvalue weighted by Gasteiger charge is -2.21. The minimum atomic E-state index is -0.0335. The number of thiophene rings is 1. The van der Waals surface area contributed by atoms with Crippen LogP contribution in [-0.4, -0.2) is 5.91 Å². The molecule has 1 aromatic heterocycles. The first kappa shape index (κ1) is 15.1. The van der Waals surface area contributed by atoms with Crippen LogP contribution in [0.2, 0.25) is 0 Å². The molecule has 3 nitrogen and oxygen atoms in total. The van der Waals surface area contributed by atoms with Crippen molar-refractivity contribution in [3.05, 3.63) is 51.9 Å². The Balaban J connectivity index is 1.75. The number of fused-ring (bicyclic) bond motifs is 1. The Hall–Kier alpha value is -1.81. The summed E-state index contributed by atoms with van der Waals surface area (Å²) in [6.45, 7) is 2.78. The molecule has 0 saturated carbocycles. The van der Waals surface area contributed by atoms with Crippen molar-refractivity contribution in [2.45, 2.75) is 39.2 Å². The van der Waals surface area contributed by atoms with Gasteiger partial charge in [0.25, 0.3) is 5.91 Å². The molecule has 4 heteroatoms. The zero-order valence-electron chi connectivity index (χ0n) is 12.9. The molecule has 1 aliphatic carbocycles. The van der Waals surface area contributed by atoms with Gasteiger partial charge < -0.3 is 11.1 Å². The van der Waals surface area contributed by atoms with Crippen molar-refractivity contribution in [3.8, 4) is 0 Å². The summed E-state index contributed by atoms with van der Waals surface area (Å²) in [5.74, 6) is 0.708. The molecular formula is C18H22N2OS.